The largest absolute Gasteiger partial charge is 0.497 e. The summed E-state index contributed by atoms with van der Waals surface area (Å²) < 4.78 is 54.0. The lowest BCUT2D eigenvalue weighted by Gasteiger charge is -2.14. The molecule has 0 amide bonds. The van der Waals surface area contributed by atoms with Gasteiger partial charge in [-0.05, 0) is 11.6 Å². The van der Waals surface area contributed by atoms with Gasteiger partial charge in [0.1, 0.15) is 11.6 Å². The fourth-order valence-electron chi connectivity index (χ4n) is 1.14. The van der Waals surface area contributed by atoms with Crippen molar-refractivity contribution in [2.75, 3.05) is 7.11 Å². The highest BCUT2D eigenvalue weighted by Gasteiger charge is 2.38. The average molecular weight is 238 g/mol. The first-order valence-electron chi connectivity index (χ1n) is 4.42. The number of methoxy groups -OCH3 is 1. The van der Waals surface area contributed by atoms with Crippen LogP contribution in [0, 0.1) is 5.82 Å². The van der Waals surface area contributed by atoms with Gasteiger partial charge in [-0.15, -0.1) is 0 Å². The van der Waals surface area contributed by atoms with E-state index in [0.717, 1.165) is 12.1 Å². The maximum atomic E-state index is 13.2. The summed E-state index contributed by atoms with van der Waals surface area (Å²) in [4.78, 5) is 0. The van der Waals surface area contributed by atoms with Crippen LogP contribution in [0.4, 0.5) is 17.6 Å². The van der Waals surface area contributed by atoms with Crippen LogP contribution in [0.1, 0.15) is 5.56 Å². The predicted molar refractivity (Wildman–Crippen MR) is 48.7 cm³/mol. The Morgan fingerprint density at radius 3 is 2.44 bits per heavy atom. The number of halogens is 4. The molecule has 0 radical (unpaired) electrons. The van der Waals surface area contributed by atoms with Gasteiger partial charge in [-0.2, -0.15) is 13.2 Å². The molecular weight excluding hydrogens is 228 g/mol. The lowest BCUT2D eigenvalue weighted by molar-refractivity contribution is -0.203. The van der Waals surface area contributed by atoms with E-state index >= 15 is 0 Å². The molecule has 1 rings (SSSR count). The Balaban J connectivity index is 2.82. The van der Waals surface area contributed by atoms with Crippen LogP contribution in [-0.4, -0.2) is 24.5 Å². The molecule has 1 N–H and O–H groups in total. The number of aliphatic hydroxyl groups excluding tert-OH is 1. The normalized spacial score (nSPS) is 13.6. The van der Waals surface area contributed by atoms with Crippen LogP contribution in [0.3, 0.4) is 0 Å². The first-order chi connectivity index (χ1) is 7.34. The Bertz CT molecular complexity index is 362. The first-order valence-corrected chi connectivity index (χ1v) is 4.42. The molecule has 0 aliphatic rings. The van der Waals surface area contributed by atoms with Crippen LogP contribution in [0.5, 0.6) is 5.75 Å². The number of ether oxygens (including phenoxy) is 1. The highest BCUT2D eigenvalue weighted by atomic mass is 19.4. The van der Waals surface area contributed by atoms with E-state index in [2.05, 4.69) is 0 Å². The van der Waals surface area contributed by atoms with E-state index in [4.69, 9.17) is 9.84 Å². The second kappa shape index (κ2) is 4.69. The van der Waals surface area contributed by atoms with Gasteiger partial charge < -0.3 is 9.84 Å². The summed E-state index contributed by atoms with van der Waals surface area (Å²) in [7, 11) is 1.32. The molecule has 1 atom stereocenters. The van der Waals surface area contributed by atoms with E-state index in [1.807, 2.05) is 0 Å². The van der Waals surface area contributed by atoms with E-state index in [0.29, 0.717) is 0 Å². The third-order valence-electron chi connectivity index (χ3n) is 2.05. The lowest BCUT2D eigenvalue weighted by atomic mass is 10.1. The summed E-state index contributed by atoms with van der Waals surface area (Å²) in [6.07, 6.45) is -8.11. The Kier molecular flexibility index (Phi) is 3.74. The quantitative estimate of drug-likeness (QED) is 0.819. The van der Waals surface area contributed by atoms with Gasteiger partial charge in [-0.25, -0.2) is 4.39 Å². The summed E-state index contributed by atoms with van der Waals surface area (Å²) in [5.41, 5.74) is -0.203. The fraction of sp³-hybridized carbons (Fsp3) is 0.400. The highest BCUT2D eigenvalue weighted by molar-refractivity contribution is 5.29. The van der Waals surface area contributed by atoms with Crippen LogP contribution >= 0.6 is 0 Å². The molecule has 90 valence electrons. The number of aliphatic hydroxyl groups is 1. The second-order valence-corrected chi connectivity index (χ2v) is 3.22. The molecule has 0 fully saturated rings. The molecule has 16 heavy (non-hydrogen) atoms. The van der Waals surface area contributed by atoms with Crippen LogP contribution in [0.15, 0.2) is 18.2 Å². The molecule has 0 aliphatic heterocycles. The summed E-state index contributed by atoms with van der Waals surface area (Å²) in [6.45, 7) is 0. The molecule has 0 bridgehead atoms. The van der Waals surface area contributed by atoms with Crippen molar-refractivity contribution in [3.05, 3.63) is 29.6 Å². The van der Waals surface area contributed by atoms with Crippen LogP contribution in [0.25, 0.3) is 0 Å². The summed E-state index contributed by atoms with van der Waals surface area (Å²) in [5.74, 6) is -0.620. The standard InChI is InChI=1S/C10H10F4O2/c1-16-7-3-2-6(8(11)5-7)4-9(15)10(12,13)14/h2-3,5,9,15H,4H2,1H3. The first kappa shape index (κ1) is 12.8. The van der Waals surface area contributed by atoms with Crippen molar-refractivity contribution in [1.29, 1.82) is 0 Å². The third-order valence-corrected chi connectivity index (χ3v) is 2.05. The number of hydrogen-bond acceptors (Lipinski definition) is 2. The summed E-state index contributed by atoms with van der Waals surface area (Å²) >= 11 is 0. The van der Waals surface area contributed by atoms with Gasteiger partial charge in [0.15, 0.2) is 6.10 Å². The van der Waals surface area contributed by atoms with Crippen LogP contribution in [0.2, 0.25) is 0 Å². The van der Waals surface area contributed by atoms with Crippen molar-refractivity contribution in [3.8, 4) is 5.75 Å². The second-order valence-electron chi connectivity index (χ2n) is 3.22. The van der Waals surface area contributed by atoms with Gasteiger partial charge in [0, 0.05) is 12.5 Å². The topological polar surface area (TPSA) is 29.5 Å². The molecule has 0 saturated heterocycles. The minimum atomic E-state index is -4.74. The zero-order valence-corrected chi connectivity index (χ0v) is 8.38. The van der Waals surface area contributed by atoms with Crippen molar-refractivity contribution < 1.29 is 27.4 Å². The molecule has 0 aromatic heterocycles. The van der Waals surface area contributed by atoms with E-state index in [1.54, 1.807) is 0 Å². The number of rotatable bonds is 3. The zero-order valence-electron chi connectivity index (χ0n) is 8.38. The van der Waals surface area contributed by atoms with Crippen LogP contribution in [-0.2, 0) is 6.42 Å². The van der Waals surface area contributed by atoms with Crippen molar-refractivity contribution >= 4 is 0 Å². The minimum absolute atomic E-state index is 0.203. The summed E-state index contributed by atoms with van der Waals surface area (Å²) in [6, 6.07) is 3.46. The maximum absolute atomic E-state index is 13.2. The van der Waals surface area contributed by atoms with Gasteiger partial charge in [-0.1, -0.05) is 6.07 Å². The maximum Gasteiger partial charge on any atom is 0.414 e. The molecule has 1 aromatic rings. The fourth-order valence-corrected chi connectivity index (χ4v) is 1.14. The smallest absolute Gasteiger partial charge is 0.414 e. The van der Waals surface area contributed by atoms with Gasteiger partial charge >= 0.3 is 6.18 Å². The Hall–Kier alpha value is -1.30. The molecule has 0 aliphatic carbocycles. The number of benzene rings is 1. The molecule has 0 heterocycles. The molecule has 1 aromatic carbocycles. The molecule has 2 nitrogen and oxygen atoms in total. The Labute approximate surface area is 89.5 Å². The van der Waals surface area contributed by atoms with Gasteiger partial charge in [0.2, 0.25) is 0 Å². The van der Waals surface area contributed by atoms with Gasteiger partial charge in [0.05, 0.1) is 7.11 Å². The molecular formula is C10H10F4O2. The SMILES string of the molecule is COc1ccc(CC(O)C(F)(F)F)c(F)c1. The minimum Gasteiger partial charge on any atom is -0.497 e. The Morgan fingerprint density at radius 2 is 2.00 bits per heavy atom. The van der Waals surface area contributed by atoms with Crippen molar-refractivity contribution in [2.24, 2.45) is 0 Å². The van der Waals surface area contributed by atoms with Crippen molar-refractivity contribution in [3.63, 3.8) is 0 Å². The monoisotopic (exact) mass is 238 g/mol. The average Bonchev–Trinajstić information content (AvgIpc) is 2.19. The summed E-state index contributed by atoms with van der Waals surface area (Å²) in [5, 5.41) is 8.77. The van der Waals surface area contributed by atoms with E-state index in [9.17, 15) is 17.6 Å². The molecule has 1 unspecified atom stereocenters. The molecule has 0 saturated carbocycles. The Morgan fingerprint density at radius 1 is 1.38 bits per heavy atom. The van der Waals surface area contributed by atoms with Crippen LogP contribution < -0.4 is 4.74 Å². The highest BCUT2D eigenvalue weighted by Crippen LogP contribution is 2.25. The third kappa shape index (κ3) is 3.10. The van der Waals surface area contributed by atoms with E-state index < -0.39 is 24.5 Å². The van der Waals surface area contributed by atoms with Gasteiger partial charge in [-0.3, -0.25) is 0 Å². The number of alkyl halides is 3. The van der Waals surface area contributed by atoms with Crippen molar-refractivity contribution in [2.45, 2.75) is 18.7 Å². The van der Waals surface area contributed by atoms with E-state index in [1.165, 1.54) is 13.2 Å². The molecule has 6 heteroatoms. The molecule has 0 spiro atoms. The van der Waals surface area contributed by atoms with Crippen molar-refractivity contribution in [1.82, 2.24) is 0 Å². The zero-order chi connectivity index (χ0) is 12.3. The number of hydrogen-bond donors (Lipinski definition) is 1. The van der Waals surface area contributed by atoms with E-state index in [-0.39, 0.29) is 11.3 Å². The van der Waals surface area contributed by atoms with Gasteiger partial charge in [0.25, 0.3) is 0 Å². The predicted octanol–water partition coefficient (Wildman–Crippen LogP) is 2.30. The lowest BCUT2D eigenvalue weighted by Crippen LogP contribution is -2.30.